The first-order valence-electron chi connectivity index (χ1n) is 4.18. The average molecular weight is 241 g/mol. The average Bonchev–Trinajstić information content (AvgIpc) is 2.56. The molecule has 0 amide bonds. The number of hydrogen-bond donors (Lipinski definition) is 1. The molecule has 0 bridgehead atoms. The molecule has 15 heavy (non-hydrogen) atoms. The van der Waals surface area contributed by atoms with E-state index in [9.17, 15) is 4.39 Å². The van der Waals surface area contributed by atoms with Crippen LogP contribution in [0, 0.1) is 12.7 Å². The molecule has 2 aromatic rings. The molecule has 0 saturated heterocycles. The van der Waals surface area contributed by atoms with Crippen LogP contribution in [-0.4, -0.2) is 9.36 Å². The third-order valence-corrected chi connectivity index (χ3v) is 3.56. The molecule has 0 atom stereocenters. The highest BCUT2D eigenvalue weighted by Gasteiger charge is 2.07. The van der Waals surface area contributed by atoms with Gasteiger partial charge in [-0.2, -0.15) is 4.37 Å². The molecule has 0 aliphatic heterocycles. The zero-order chi connectivity index (χ0) is 10.8. The zero-order valence-corrected chi connectivity index (χ0v) is 9.53. The Hall–Kier alpha value is -1.14. The van der Waals surface area contributed by atoms with Crippen LogP contribution in [0.2, 0.25) is 0 Å². The minimum Gasteiger partial charge on any atom is -0.399 e. The second-order valence-corrected chi connectivity index (χ2v) is 4.94. The van der Waals surface area contributed by atoms with Crippen LogP contribution < -0.4 is 5.73 Å². The standard InChI is InChI=1S/C9H8FN3S2/c1-5-12-9(15-13-5)14-8-3-2-6(11)4-7(8)10/h2-4H,11H2,1H3. The van der Waals surface area contributed by atoms with Gasteiger partial charge >= 0.3 is 0 Å². The molecule has 2 rings (SSSR count). The normalized spacial score (nSPS) is 10.5. The maximum Gasteiger partial charge on any atom is 0.174 e. The van der Waals surface area contributed by atoms with Crippen LogP contribution in [0.1, 0.15) is 5.82 Å². The Morgan fingerprint density at radius 3 is 2.87 bits per heavy atom. The van der Waals surface area contributed by atoms with E-state index in [1.165, 1.54) is 29.4 Å². The molecule has 1 heterocycles. The van der Waals surface area contributed by atoms with Gasteiger partial charge in [-0.1, -0.05) is 11.8 Å². The van der Waals surface area contributed by atoms with Crippen molar-refractivity contribution < 1.29 is 4.39 Å². The summed E-state index contributed by atoms with van der Waals surface area (Å²) in [6, 6.07) is 4.61. The zero-order valence-electron chi connectivity index (χ0n) is 7.90. The summed E-state index contributed by atoms with van der Waals surface area (Å²) >= 11 is 2.52. The summed E-state index contributed by atoms with van der Waals surface area (Å²) in [5, 5.41) is 0. The Morgan fingerprint density at radius 2 is 2.27 bits per heavy atom. The molecule has 0 aliphatic rings. The van der Waals surface area contributed by atoms with Crippen LogP contribution in [0.4, 0.5) is 10.1 Å². The van der Waals surface area contributed by atoms with Crippen LogP contribution in [0.25, 0.3) is 0 Å². The van der Waals surface area contributed by atoms with Crippen molar-refractivity contribution in [3.05, 3.63) is 29.8 Å². The minimum absolute atomic E-state index is 0.326. The van der Waals surface area contributed by atoms with Crippen molar-refractivity contribution in [3.8, 4) is 0 Å². The third kappa shape index (κ3) is 2.45. The van der Waals surface area contributed by atoms with Crippen molar-refractivity contribution >= 4 is 29.0 Å². The molecule has 3 nitrogen and oxygen atoms in total. The smallest absolute Gasteiger partial charge is 0.174 e. The Kier molecular flexibility index (Phi) is 2.88. The predicted octanol–water partition coefficient (Wildman–Crippen LogP) is 2.72. The van der Waals surface area contributed by atoms with Crippen LogP contribution >= 0.6 is 23.3 Å². The van der Waals surface area contributed by atoms with Gasteiger partial charge in [0.1, 0.15) is 11.6 Å². The number of aryl methyl sites for hydroxylation is 1. The number of halogens is 1. The number of rotatable bonds is 2. The number of nitrogen functional groups attached to an aromatic ring is 1. The molecule has 0 aliphatic carbocycles. The van der Waals surface area contributed by atoms with Gasteiger partial charge in [0, 0.05) is 5.69 Å². The SMILES string of the molecule is Cc1nsc(Sc2ccc(N)cc2F)n1. The number of anilines is 1. The van der Waals surface area contributed by atoms with Gasteiger partial charge in [0.2, 0.25) is 0 Å². The largest absolute Gasteiger partial charge is 0.399 e. The van der Waals surface area contributed by atoms with Gasteiger partial charge in [0.15, 0.2) is 4.34 Å². The lowest BCUT2D eigenvalue weighted by Crippen LogP contribution is -1.87. The lowest BCUT2D eigenvalue weighted by molar-refractivity contribution is 0.602. The van der Waals surface area contributed by atoms with Gasteiger partial charge in [-0.3, -0.25) is 0 Å². The number of nitrogens with two attached hydrogens (primary N) is 1. The van der Waals surface area contributed by atoms with Crippen LogP contribution in [-0.2, 0) is 0 Å². The minimum atomic E-state index is -0.326. The summed E-state index contributed by atoms with van der Waals surface area (Å²) in [4.78, 5) is 4.66. The molecule has 0 spiro atoms. The Bertz CT molecular complexity index is 484. The van der Waals surface area contributed by atoms with Crippen LogP contribution in [0.5, 0.6) is 0 Å². The van der Waals surface area contributed by atoms with Crippen LogP contribution in [0.3, 0.4) is 0 Å². The van der Waals surface area contributed by atoms with Crippen molar-refractivity contribution in [2.24, 2.45) is 0 Å². The van der Waals surface area contributed by atoms with Crippen molar-refractivity contribution in [1.29, 1.82) is 0 Å². The van der Waals surface area contributed by atoms with E-state index in [1.807, 2.05) is 0 Å². The fourth-order valence-corrected chi connectivity index (χ4v) is 2.63. The van der Waals surface area contributed by atoms with Gasteiger partial charge in [0.05, 0.1) is 4.90 Å². The quantitative estimate of drug-likeness (QED) is 0.821. The van der Waals surface area contributed by atoms with Crippen molar-refractivity contribution in [1.82, 2.24) is 9.36 Å². The molecule has 1 aromatic carbocycles. The summed E-state index contributed by atoms with van der Waals surface area (Å²) in [5.41, 5.74) is 5.87. The van der Waals surface area contributed by atoms with Gasteiger partial charge in [0.25, 0.3) is 0 Å². The van der Waals surface area contributed by atoms with Crippen molar-refractivity contribution in [2.45, 2.75) is 16.2 Å². The number of aromatic nitrogens is 2. The van der Waals surface area contributed by atoms with Crippen molar-refractivity contribution in [3.63, 3.8) is 0 Å². The van der Waals surface area contributed by atoms with E-state index >= 15 is 0 Å². The second kappa shape index (κ2) is 4.16. The Morgan fingerprint density at radius 1 is 1.47 bits per heavy atom. The molecule has 0 radical (unpaired) electrons. The fraction of sp³-hybridized carbons (Fsp3) is 0.111. The predicted molar refractivity (Wildman–Crippen MR) is 59.6 cm³/mol. The first-order chi connectivity index (χ1) is 7.15. The van der Waals surface area contributed by atoms with E-state index in [0.717, 1.165) is 4.34 Å². The summed E-state index contributed by atoms with van der Waals surface area (Å²) in [6.45, 7) is 1.81. The van der Waals surface area contributed by atoms with E-state index in [4.69, 9.17) is 5.73 Å². The highest BCUT2D eigenvalue weighted by molar-refractivity contribution is 8.01. The molecule has 0 unspecified atom stereocenters. The molecule has 2 N–H and O–H groups in total. The highest BCUT2D eigenvalue weighted by atomic mass is 32.2. The van der Waals surface area contributed by atoms with E-state index < -0.39 is 0 Å². The van der Waals surface area contributed by atoms with Gasteiger partial charge in [-0.15, -0.1) is 0 Å². The maximum atomic E-state index is 13.4. The summed E-state index contributed by atoms with van der Waals surface area (Å²) in [7, 11) is 0. The molecule has 78 valence electrons. The lowest BCUT2D eigenvalue weighted by Gasteiger charge is -2.00. The van der Waals surface area contributed by atoms with E-state index in [1.54, 1.807) is 19.1 Å². The summed E-state index contributed by atoms with van der Waals surface area (Å²) in [5.74, 6) is 0.381. The maximum absolute atomic E-state index is 13.4. The lowest BCUT2D eigenvalue weighted by atomic mass is 10.3. The monoisotopic (exact) mass is 241 g/mol. The summed E-state index contributed by atoms with van der Waals surface area (Å²) in [6.07, 6.45) is 0. The molecule has 6 heteroatoms. The number of benzene rings is 1. The van der Waals surface area contributed by atoms with E-state index in [2.05, 4.69) is 9.36 Å². The van der Waals surface area contributed by atoms with Crippen LogP contribution in [0.15, 0.2) is 27.4 Å². The topological polar surface area (TPSA) is 51.8 Å². The third-order valence-electron chi connectivity index (χ3n) is 1.66. The second-order valence-electron chi connectivity index (χ2n) is 2.90. The molecule has 1 aromatic heterocycles. The van der Waals surface area contributed by atoms with Gasteiger partial charge in [-0.05, 0) is 36.7 Å². The highest BCUT2D eigenvalue weighted by Crippen LogP contribution is 2.31. The molecule has 0 saturated carbocycles. The number of hydrogen-bond acceptors (Lipinski definition) is 5. The first kappa shape index (κ1) is 10.4. The molecular formula is C9H8FN3S2. The van der Waals surface area contributed by atoms with Gasteiger partial charge in [-0.25, -0.2) is 9.37 Å². The first-order valence-corrected chi connectivity index (χ1v) is 5.77. The Labute approximate surface area is 94.7 Å². The van der Waals surface area contributed by atoms with Gasteiger partial charge < -0.3 is 5.73 Å². The van der Waals surface area contributed by atoms with E-state index in [0.29, 0.717) is 16.4 Å². The summed E-state index contributed by atoms with van der Waals surface area (Å²) < 4.78 is 18.2. The van der Waals surface area contributed by atoms with Crippen molar-refractivity contribution in [2.75, 3.05) is 5.73 Å². The fourth-order valence-electron chi connectivity index (χ4n) is 1.01. The molecule has 0 fully saturated rings. The Balaban J connectivity index is 2.24. The molecular weight excluding hydrogens is 233 g/mol. The number of nitrogens with zero attached hydrogens (tertiary/aromatic N) is 2. The van der Waals surface area contributed by atoms with E-state index in [-0.39, 0.29) is 5.82 Å².